The lowest BCUT2D eigenvalue weighted by molar-refractivity contribution is -0.154. The van der Waals surface area contributed by atoms with E-state index in [0.717, 1.165) is 6.07 Å². The molecule has 0 aliphatic carbocycles. The smallest absolute Gasteiger partial charge is 0.395 e. The first kappa shape index (κ1) is 20.5. The summed E-state index contributed by atoms with van der Waals surface area (Å²) in [5.74, 6) is -3.80. The lowest BCUT2D eigenvalue weighted by Crippen LogP contribution is -2.38. The van der Waals surface area contributed by atoms with E-state index < -0.39 is 36.4 Å². The number of amides is 1. The Morgan fingerprint density at radius 1 is 1.04 bits per heavy atom. The number of halogens is 3. The number of hydrogen-bond donors (Lipinski definition) is 1. The van der Waals surface area contributed by atoms with Crippen molar-refractivity contribution in [3.05, 3.63) is 71.3 Å². The molecule has 2 aromatic rings. The molecule has 27 heavy (non-hydrogen) atoms. The minimum Gasteiger partial charge on any atom is -0.478 e. The van der Waals surface area contributed by atoms with E-state index in [2.05, 4.69) is 0 Å². The van der Waals surface area contributed by atoms with Crippen LogP contribution in [0.1, 0.15) is 45.5 Å². The predicted octanol–water partition coefficient (Wildman–Crippen LogP) is 4.58. The molecule has 0 fully saturated rings. The highest BCUT2D eigenvalue weighted by Crippen LogP contribution is 2.40. The summed E-state index contributed by atoms with van der Waals surface area (Å²) in [6, 6.07) is 12.6. The molecule has 2 unspecified atom stereocenters. The van der Waals surface area contributed by atoms with Crippen LogP contribution in [-0.2, 0) is 0 Å². The zero-order valence-corrected chi connectivity index (χ0v) is 14.9. The standard InChI is InChI=1S/C20H20F3NO3/c1-13(24(2)18(25)14-8-4-3-5-9-14)12-17(20(21,22)23)15-10-6-7-11-16(15)19(26)27/h3-11,13,17H,12H2,1-2H3,(H,26,27). The Labute approximate surface area is 155 Å². The van der Waals surface area contributed by atoms with Crippen LogP contribution in [0.15, 0.2) is 54.6 Å². The highest BCUT2D eigenvalue weighted by molar-refractivity contribution is 5.94. The van der Waals surface area contributed by atoms with Crippen LogP contribution >= 0.6 is 0 Å². The van der Waals surface area contributed by atoms with Crippen LogP contribution in [0.2, 0.25) is 0 Å². The molecule has 0 spiro atoms. The third-order valence-electron chi connectivity index (χ3n) is 4.54. The SMILES string of the molecule is CC(CC(c1ccccc1C(=O)O)C(F)(F)F)N(C)C(=O)c1ccccc1. The maximum Gasteiger partial charge on any atom is 0.395 e. The fourth-order valence-electron chi connectivity index (χ4n) is 2.92. The number of rotatable bonds is 6. The van der Waals surface area contributed by atoms with Crippen LogP contribution in [-0.4, -0.2) is 41.1 Å². The molecule has 0 radical (unpaired) electrons. The van der Waals surface area contributed by atoms with Gasteiger partial charge in [0, 0.05) is 18.7 Å². The quantitative estimate of drug-likeness (QED) is 0.799. The van der Waals surface area contributed by atoms with Gasteiger partial charge in [-0.3, -0.25) is 4.79 Å². The van der Waals surface area contributed by atoms with Gasteiger partial charge in [-0.1, -0.05) is 36.4 Å². The Balaban J connectivity index is 2.29. The second-order valence-corrected chi connectivity index (χ2v) is 6.35. The number of carboxylic acid groups (broad SMARTS) is 1. The number of aromatic carboxylic acids is 1. The number of hydrogen-bond acceptors (Lipinski definition) is 2. The Hall–Kier alpha value is -2.83. The summed E-state index contributed by atoms with van der Waals surface area (Å²) in [6.07, 6.45) is -5.08. The summed E-state index contributed by atoms with van der Waals surface area (Å²) in [7, 11) is 1.44. The molecule has 2 rings (SSSR count). The normalized spacial score (nSPS) is 13.7. The molecule has 0 heterocycles. The number of nitrogens with zero attached hydrogens (tertiary/aromatic N) is 1. The topological polar surface area (TPSA) is 57.6 Å². The predicted molar refractivity (Wildman–Crippen MR) is 94.8 cm³/mol. The summed E-state index contributed by atoms with van der Waals surface area (Å²) in [4.78, 5) is 25.1. The molecule has 1 N–H and O–H groups in total. The molecule has 0 saturated heterocycles. The van der Waals surface area contributed by atoms with Crippen LogP contribution in [0.5, 0.6) is 0 Å². The Kier molecular flexibility index (Phi) is 6.25. The maximum absolute atomic E-state index is 13.7. The number of benzene rings is 2. The van der Waals surface area contributed by atoms with Crippen molar-refractivity contribution >= 4 is 11.9 Å². The molecule has 7 heteroatoms. The summed E-state index contributed by atoms with van der Waals surface area (Å²) in [5, 5.41) is 9.23. The molecular weight excluding hydrogens is 359 g/mol. The zero-order chi connectivity index (χ0) is 20.2. The van der Waals surface area contributed by atoms with E-state index in [0.29, 0.717) is 5.56 Å². The van der Waals surface area contributed by atoms with E-state index in [1.165, 1.54) is 37.1 Å². The van der Waals surface area contributed by atoms with Crippen LogP contribution in [0, 0.1) is 0 Å². The summed E-state index contributed by atoms with van der Waals surface area (Å²) < 4.78 is 41.1. The van der Waals surface area contributed by atoms with Gasteiger partial charge in [0.1, 0.15) is 0 Å². The van der Waals surface area contributed by atoms with E-state index in [4.69, 9.17) is 0 Å². The number of carboxylic acids is 1. The maximum atomic E-state index is 13.7. The van der Waals surface area contributed by atoms with E-state index in [1.54, 1.807) is 30.3 Å². The summed E-state index contributed by atoms with van der Waals surface area (Å²) in [5.41, 5.74) is -0.310. The average molecular weight is 379 g/mol. The van der Waals surface area contributed by atoms with Crippen molar-refractivity contribution in [2.24, 2.45) is 0 Å². The summed E-state index contributed by atoms with van der Waals surface area (Å²) >= 11 is 0. The van der Waals surface area contributed by atoms with Gasteiger partial charge in [-0.2, -0.15) is 13.2 Å². The largest absolute Gasteiger partial charge is 0.478 e. The van der Waals surface area contributed by atoms with Gasteiger partial charge < -0.3 is 10.0 Å². The van der Waals surface area contributed by atoms with Crippen molar-refractivity contribution in [1.29, 1.82) is 0 Å². The molecule has 0 aromatic heterocycles. The number of alkyl halides is 3. The molecular formula is C20H20F3NO3. The lowest BCUT2D eigenvalue weighted by Gasteiger charge is -2.30. The first-order valence-corrected chi connectivity index (χ1v) is 8.34. The third kappa shape index (κ3) is 4.87. The molecule has 0 aliphatic heterocycles. The monoisotopic (exact) mass is 379 g/mol. The van der Waals surface area contributed by atoms with Crippen LogP contribution in [0.3, 0.4) is 0 Å². The average Bonchev–Trinajstić information content (AvgIpc) is 2.64. The number of carbonyl (C=O) groups excluding carboxylic acids is 1. The van der Waals surface area contributed by atoms with Crippen molar-refractivity contribution in [2.45, 2.75) is 31.5 Å². The van der Waals surface area contributed by atoms with Crippen LogP contribution < -0.4 is 0 Å². The van der Waals surface area contributed by atoms with Gasteiger partial charge in [-0.25, -0.2) is 4.79 Å². The second-order valence-electron chi connectivity index (χ2n) is 6.35. The van der Waals surface area contributed by atoms with Gasteiger partial charge in [0.05, 0.1) is 11.5 Å². The van der Waals surface area contributed by atoms with Crippen LogP contribution in [0.25, 0.3) is 0 Å². The van der Waals surface area contributed by atoms with Gasteiger partial charge in [0.2, 0.25) is 0 Å². The molecule has 1 amide bonds. The van der Waals surface area contributed by atoms with Crippen molar-refractivity contribution in [2.75, 3.05) is 7.05 Å². The lowest BCUT2D eigenvalue weighted by atomic mass is 9.88. The van der Waals surface area contributed by atoms with E-state index >= 15 is 0 Å². The first-order valence-electron chi connectivity index (χ1n) is 8.34. The highest BCUT2D eigenvalue weighted by Gasteiger charge is 2.43. The Morgan fingerprint density at radius 3 is 2.15 bits per heavy atom. The third-order valence-corrected chi connectivity index (χ3v) is 4.54. The minimum absolute atomic E-state index is 0.301. The van der Waals surface area contributed by atoms with E-state index in [1.807, 2.05) is 0 Å². The molecule has 4 nitrogen and oxygen atoms in total. The van der Waals surface area contributed by atoms with Gasteiger partial charge in [0.15, 0.2) is 0 Å². The molecule has 0 saturated carbocycles. The van der Waals surface area contributed by atoms with Crippen molar-refractivity contribution in [1.82, 2.24) is 4.90 Å². The fourth-order valence-corrected chi connectivity index (χ4v) is 2.92. The van der Waals surface area contributed by atoms with Crippen molar-refractivity contribution < 1.29 is 27.9 Å². The van der Waals surface area contributed by atoms with E-state index in [-0.39, 0.29) is 11.1 Å². The zero-order valence-electron chi connectivity index (χ0n) is 14.9. The number of carbonyl (C=O) groups is 2. The molecule has 0 aliphatic rings. The van der Waals surface area contributed by atoms with Gasteiger partial charge in [0.25, 0.3) is 5.91 Å². The fraction of sp³-hybridized carbons (Fsp3) is 0.300. The van der Waals surface area contributed by atoms with Crippen molar-refractivity contribution in [3.8, 4) is 0 Å². The van der Waals surface area contributed by atoms with Gasteiger partial charge in [-0.15, -0.1) is 0 Å². The molecule has 2 atom stereocenters. The van der Waals surface area contributed by atoms with Crippen LogP contribution in [0.4, 0.5) is 13.2 Å². The molecule has 0 bridgehead atoms. The Morgan fingerprint density at radius 2 is 1.59 bits per heavy atom. The van der Waals surface area contributed by atoms with Gasteiger partial charge >= 0.3 is 12.1 Å². The summed E-state index contributed by atoms with van der Waals surface area (Å²) in [6.45, 7) is 1.52. The molecule has 2 aromatic carbocycles. The van der Waals surface area contributed by atoms with Gasteiger partial charge in [-0.05, 0) is 37.1 Å². The Bertz CT molecular complexity index is 806. The van der Waals surface area contributed by atoms with Crippen molar-refractivity contribution in [3.63, 3.8) is 0 Å². The minimum atomic E-state index is -4.64. The first-order chi connectivity index (χ1) is 12.6. The second kappa shape index (κ2) is 8.24. The van der Waals surface area contributed by atoms with E-state index in [9.17, 15) is 27.9 Å². The highest BCUT2D eigenvalue weighted by atomic mass is 19.4. The molecule has 144 valence electrons.